The molecule has 0 radical (unpaired) electrons. The van der Waals surface area contributed by atoms with E-state index in [-0.39, 0.29) is 0 Å². The maximum atomic E-state index is 4.44. The van der Waals surface area contributed by atoms with Gasteiger partial charge in [-0.1, -0.05) is 66.7 Å². The second-order valence-electron chi connectivity index (χ2n) is 7.11. The van der Waals surface area contributed by atoms with Gasteiger partial charge < -0.3 is 9.80 Å². The van der Waals surface area contributed by atoms with Crippen LogP contribution in [0.25, 0.3) is 21.9 Å². The van der Waals surface area contributed by atoms with Crippen LogP contribution in [0.3, 0.4) is 0 Å². The highest BCUT2D eigenvalue weighted by Crippen LogP contribution is 2.46. The lowest BCUT2D eigenvalue weighted by molar-refractivity contribution is 0.898. The molecule has 3 nitrogen and oxygen atoms in total. The maximum absolute atomic E-state index is 4.44. The van der Waals surface area contributed by atoms with Gasteiger partial charge in [-0.15, -0.1) is 0 Å². The minimum Gasteiger partial charge on any atom is -0.356 e. The summed E-state index contributed by atoms with van der Waals surface area (Å²) in [5, 5.41) is 2.30. The van der Waals surface area contributed by atoms with Gasteiger partial charge in [0.15, 0.2) is 0 Å². The van der Waals surface area contributed by atoms with Crippen LogP contribution >= 0.6 is 0 Å². The van der Waals surface area contributed by atoms with Crippen molar-refractivity contribution < 1.29 is 0 Å². The highest BCUT2D eigenvalue weighted by Gasteiger charge is 2.25. The second-order valence-corrected chi connectivity index (χ2v) is 7.11. The molecule has 28 heavy (non-hydrogen) atoms. The highest BCUT2D eigenvalue weighted by atomic mass is 15.3. The van der Waals surface area contributed by atoms with E-state index in [9.17, 15) is 0 Å². The number of nitrogens with zero attached hydrogens (tertiary/aromatic N) is 3. The van der Waals surface area contributed by atoms with Crippen LogP contribution in [-0.2, 0) is 0 Å². The van der Waals surface area contributed by atoms with Crippen molar-refractivity contribution in [3.63, 3.8) is 0 Å². The number of rotatable bonds is 2. The summed E-state index contributed by atoms with van der Waals surface area (Å²) in [6.45, 7) is 4.62. The molecule has 1 aliphatic heterocycles. The Hall–Kier alpha value is -3.59. The number of hydrogen-bond donors (Lipinski definition) is 0. The van der Waals surface area contributed by atoms with Crippen LogP contribution in [0.4, 0.5) is 22.7 Å². The number of para-hydroxylation sites is 2. The first-order chi connectivity index (χ1) is 13.8. The fraction of sp³-hybridized carbons (Fsp3) is 0.0800. The van der Waals surface area contributed by atoms with Crippen molar-refractivity contribution in [2.24, 2.45) is 4.99 Å². The predicted molar refractivity (Wildman–Crippen MR) is 120 cm³/mol. The lowest BCUT2D eigenvalue weighted by Gasteiger charge is -2.30. The lowest BCUT2D eigenvalue weighted by atomic mass is 10.0. The zero-order valence-electron chi connectivity index (χ0n) is 15.8. The van der Waals surface area contributed by atoms with Crippen molar-refractivity contribution in [3.8, 4) is 11.1 Å². The molecule has 0 spiro atoms. The quantitative estimate of drug-likeness (QED) is 0.385. The van der Waals surface area contributed by atoms with Crippen LogP contribution in [-0.4, -0.2) is 20.4 Å². The van der Waals surface area contributed by atoms with Crippen LogP contribution in [0, 0.1) is 0 Å². The third-order valence-corrected chi connectivity index (χ3v) is 5.48. The maximum Gasteiger partial charge on any atom is 0.0949 e. The molecule has 136 valence electrons. The fourth-order valence-corrected chi connectivity index (χ4v) is 4.17. The predicted octanol–water partition coefficient (Wildman–Crippen LogP) is 6.38. The lowest BCUT2D eigenvalue weighted by Crippen LogP contribution is -2.31. The Kier molecular flexibility index (Phi) is 3.87. The highest BCUT2D eigenvalue weighted by molar-refractivity contribution is 6.02. The zero-order valence-corrected chi connectivity index (χ0v) is 15.8. The molecule has 0 saturated carbocycles. The van der Waals surface area contributed by atoms with Crippen molar-refractivity contribution in [3.05, 3.63) is 84.9 Å². The standard InChI is InChI=1S/C25H21N3/c1-26-25-19-10-4-3-9-18(19)15-16-24(25)28-17-27(2)22-13-7-5-11-20(22)21-12-6-8-14-23(21)28/h3-16H,1,17H2,2H3. The van der Waals surface area contributed by atoms with Crippen LogP contribution < -0.4 is 9.80 Å². The minimum absolute atomic E-state index is 0.731. The molecular weight excluding hydrogens is 342 g/mol. The Morgan fingerprint density at radius 3 is 2.14 bits per heavy atom. The molecule has 0 aliphatic carbocycles. The minimum atomic E-state index is 0.731. The third kappa shape index (κ3) is 2.48. The molecule has 3 heteroatoms. The second kappa shape index (κ2) is 6.54. The number of anilines is 3. The molecule has 0 atom stereocenters. The summed E-state index contributed by atoms with van der Waals surface area (Å²) in [4.78, 5) is 9.07. The molecule has 0 bridgehead atoms. The van der Waals surface area contributed by atoms with E-state index in [1.165, 1.54) is 27.9 Å². The van der Waals surface area contributed by atoms with Crippen molar-refractivity contribution in [1.82, 2.24) is 0 Å². The van der Waals surface area contributed by atoms with Gasteiger partial charge in [0.05, 0.1) is 23.7 Å². The number of fused-ring (bicyclic) bond motifs is 4. The van der Waals surface area contributed by atoms with Gasteiger partial charge in [0.2, 0.25) is 0 Å². The van der Waals surface area contributed by atoms with Gasteiger partial charge in [-0.05, 0) is 30.3 Å². The molecule has 0 amide bonds. The SMILES string of the molecule is C=Nc1c(N2CN(C)c3ccccc3-c3ccccc32)ccc2ccccc12. The van der Waals surface area contributed by atoms with Gasteiger partial charge >= 0.3 is 0 Å². The largest absolute Gasteiger partial charge is 0.356 e. The molecule has 0 unspecified atom stereocenters. The Labute approximate surface area is 165 Å². The first-order valence-corrected chi connectivity index (χ1v) is 9.43. The van der Waals surface area contributed by atoms with Crippen molar-refractivity contribution in [2.75, 3.05) is 23.5 Å². The molecule has 0 fully saturated rings. The topological polar surface area (TPSA) is 18.8 Å². The summed E-state index contributed by atoms with van der Waals surface area (Å²) in [6, 6.07) is 29.8. The van der Waals surface area contributed by atoms with E-state index in [1.807, 2.05) is 0 Å². The van der Waals surface area contributed by atoms with E-state index in [1.54, 1.807) is 0 Å². The molecule has 0 N–H and O–H groups in total. The Bertz CT molecular complexity index is 1200. The molecule has 0 aromatic heterocycles. The van der Waals surface area contributed by atoms with Crippen LogP contribution in [0.2, 0.25) is 0 Å². The number of hydrogen-bond acceptors (Lipinski definition) is 3. The van der Waals surface area contributed by atoms with Crippen molar-refractivity contribution in [1.29, 1.82) is 0 Å². The first kappa shape index (κ1) is 16.6. The van der Waals surface area contributed by atoms with Crippen LogP contribution in [0.1, 0.15) is 0 Å². The van der Waals surface area contributed by atoms with Crippen molar-refractivity contribution in [2.45, 2.75) is 0 Å². The number of aliphatic imine (C=N–C) groups is 1. The van der Waals surface area contributed by atoms with E-state index < -0.39 is 0 Å². The van der Waals surface area contributed by atoms with Gasteiger partial charge in [0.25, 0.3) is 0 Å². The summed E-state index contributed by atoms with van der Waals surface area (Å²) in [5.74, 6) is 0. The number of benzene rings is 4. The van der Waals surface area contributed by atoms with Gasteiger partial charge in [0, 0.05) is 29.2 Å². The average Bonchev–Trinajstić information content (AvgIpc) is 2.88. The monoisotopic (exact) mass is 363 g/mol. The Morgan fingerprint density at radius 2 is 1.36 bits per heavy atom. The van der Waals surface area contributed by atoms with Crippen LogP contribution in [0.5, 0.6) is 0 Å². The average molecular weight is 363 g/mol. The third-order valence-electron chi connectivity index (χ3n) is 5.48. The summed E-state index contributed by atoms with van der Waals surface area (Å²) in [6.07, 6.45) is 0. The summed E-state index contributed by atoms with van der Waals surface area (Å²) >= 11 is 0. The van der Waals surface area contributed by atoms with Gasteiger partial charge in [-0.2, -0.15) is 0 Å². The molecule has 4 aromatic carbocycles. The smallest absolute Gasteiger partial charge is 0.0949 e. The van der Waals surface area contributed by atoms with E-state index in [0.717, 1.165) is 23.4 Å². The summed E-state index contributed by atoms with van der Waals surface area (Å²) < 4.78 is 0. The molecule has 1 heterocycles. The zero-order chi connectivity index (χ0) is 19.1. The molecular formula is C25H21N3. The van der Waals surface area contributed by atoms with Crippen molar-refractivity contribution >= 4 is 40.2 Å². The van der Waals surface area contributed by atoms with E-state index in [4.69, 9.17) is 0 Å². The van der Waals surface area contributed by atoms with Crippen LogP contribution in [0.15, 0.2) is 89.9 Å². The molecule has 0 saturated heterocycles. The molecule has 4 aromatic rings. The normalized spacial score (nSPS) is 13.0. The van der Waals surface area contributed by atoms with Gasteiger partial charge in [-0.3, -0.25) is 4.99 Å². The Morgan fingerprint density at radius 1 is 0.714 bits per heavy atom. The van der Waals surface area contributed by atoms with Gasteiger partial charge in [0.1, 0.15) is 0 Å². The van der Waals surface area contributed by atoms with Gasteiger partial charge in [-0.25, -0.2) is 0 Å². The molecule has 1 aliphatic rings. The van der Waals surface area contributed by atoms with E-state index in [2.05, 4.69) is 113 Å². The summed E-state index contributed by atoms with van der Waals surface area (Å²) in [7, 11) is 2.14. The fourth-order valence-electron chi connectivity index (χ4n) is 4.17. The van der Waals surface area contributed by atoms with E-state index in [0.29, 0.717) is 0 Å². The van der Waals surface area contributed by atoms with E-state index >= 15 is 0 Å². The Balaban J connectivity index is 1.78. The first-order valence-electron chi connectivity index (χ1n) is 9.43. The molecule has 5 rings (SSSR count). The summed E-state index contributed by atoms with van der Waals surface area (Å²) in [5.41, 5.74) is 6.88.